The van der Waals surface area contributed by atoms with Crippen molar-refractivity contribution >= 4 is 12.1 Å². The number of ether oxygens (including phenoxy) is 2. The normalized spacial score (nSPS) is 20.6. The summed E-state index contributed by atoms with van der Waals surface area (Å²) in [5.41, 5.74) is 0.332. The third kappa shape index (κ3) is 5.21. The number of carbonyl (C=O) groups excluding carboxylic acids is 2. The molecule has 1 N–H and O–H groups in total. The Kier molecular flexibility index (Phi) is 5.56. The lowest BCUT2D eigenvalue weighted by molar-refractivity contribution is -0.134. The average Bonchev–Trinajstić information content (AvgIpc) is 2.36. The predicted molar refractivity (Wildman–Crippen MR) is 75.4 cm³/mol. The smallest absolute Gasteiger partial charge is 0.410 e. The van der Waals surface area contributed by atoms with Crippen LogP contribution in [0.5, 0.6) is 0 Å². The van der Waals surface area contributed by atoms with Crippen LogP contribution in [0.2, 0.25) is 0 Å². The van der Waals surface area contributed by atoms with E-state index in [4.69, 9.17) is 4.74 Å². The zero-order valence-electron chi connectivity index (χ0n) is 12.9. The van der Waals surface area contributed by atoms with E-state index in [2.05, 4.69) is 10.1 Å². The molecule has 114 valence electrons. The molecule has 0 unspecified atom stereocenters. The molecule has 0 saturated carbocycles. The number of hydrogen-bond acceptors (Lipinski definition) is 5. The van der Waals surface area contributed by atoms with Crippen LogP contribution < -0.4 is 5.32 Å². The van der Waals surface area contributed by atoms with E-state index in [1.54, 1.807) is 4.90 Å². The van der Waals surface area contributed by atoms with Crippen LogP contribution in [0.3, 0.4) is 0 Å². The fourth-order valence-electron chi connectivity index (χ4n) is 1.89. The Morgan fingerprint density at radius 3 is 2.55 bits per heavy atom. The topological polar surface area (TPSA) is 67.9 Å². The second-order valence-electron chi connectivity index (χ2n) is 5.84. The maximum Gasteiger partial charge on any atom is 0.410 e. The molecular formula is C14H24N2O4. The summed E-state index contributed by atoms with van der Waals surface area (Å²) in [6, 6.07) is -0.0598. The maximum atomic E-state index is 12.0. The van der Waals surface area contributed by atoms with Crippen molar-refractivity contribution < 1.29 is 19.1 Å². The van der Waals surface area contributed by atoms with Crippen LogP contribution in [0.1, 0.15) is 27.7 Å². The predicted octanol–water partition coefficient (Wildman–Crippen LogP) is 1.31. The van der Waals surface area contributed by atoms with Gasteiger partial charge in [0.2, 0.25) is 0 Å². The van der Waals surface area contributed by atoms with Gasteiger partial charge in [0.1, 0.15) is 5.60 Å². The van der Waals surface area contributed by atoms with E-state index in [0.29, 0.717) is 19.6 Å². The van der Waals surface area contributed by atoms with E-state index < -0.39 is 11.6 Å². The SMILES string of the molecule is COC(=O)C=C(C)[C@H]1CN(C(=O)OC(C)(C)C)CCN1. The number of nitrogens with one attached hydrogen (secondary N) is 1. The summed E-state index contributed by atoms with van der Waals surface area (Å²) in [6.45, 7) is 9.10. The van der Waals surface area contributed by atoms with Crippen LogP contribution in [0.25, 0.3) is 0 Å². The van der Waals surface area contributed by atoms with Gasteiger partial charge in [-0.2, -0.15) is 0 Å². The van der Waals surface area contributed by atoms with Gasteiger partial charge in [-0.25, -0.2) is 9.59 Å². The Morgan fingerprint density at radius 1 is 1.35 bits per heavy atom. The minimum Gasteiger partial charge on any atom is -0.466 e. The van der Waals surface area contributed by atoms with Crippen LogP contribution in [-0.4, -0.2) is 55.3 Å². The van der Waals surface area contributed by atoms with Crippen LogP contribution in [0.4, 0.5) is 4.79 Å². The first-order chi connectivity index (χ1) is 9.23. The number of piperazine rings is 1. The fraction of sp³-hybridized carbons (Fsp3) is 0.714. The summed E-state index contributed by atoms with van der Waals surface area (Å²) < 4.78 is 9.96. The third-order valence-corrected chi connectivity index (χ3v) is 2.92. The van der Waals surface area contributed by atoms with Gasteiger partial charge in [-0.05, 0) is 33.3 Å². The molecule has 20 heavy (non-hydrogen) atoms. The zero-order chi connectivity index (χ0) is 15.3. The molecule has 1 fully saturated rings. The highest BCUT2D eigenvalue weighted by molar-refractivity contribution is 5.82. The third-order valence-electron chi connectivity index (χ3n) is 2.92. The molecule has 1 saturated heterocycles. The average molecular weight is 284 g/mol. The Bertz CT molecular complexity index is 398. The molecule has 0 aromatic rings. The van der Waals surface area contributed by atoms with Crippen molar-refractivity contribution in [3.63, 3.8) is 0 Å². The highest BCUT2D eigenvalue weighted by Crippen LogP contribution is 2.13. The number of rotatable bonds is 2. The number of amides is 1. The zero-order valence-corrected chi connectivity index (χ0v) is 12.9. The molecule has 0 aliphatic carbocycles. The van der Waals surface area contributed by atoms with Gasteiger partial charge in [-0.3, -0.25) is 0 Å². The highest BCUT2D eigenvalue weighted by Gasteiger charge is 2.28. The largest absolute Gasteiger partial charge is 0.466 e. The number of hydrogen-bond donors (Lipinski definition) is 1. The van der Waals surface area contributed by atoms with Gasteiger partial charge >= 0.3 is 12.1 Å². The Morgan fingerprint density at radius 2 is 2.00 bits per heavy atom. The summed E-state index contributed by atoms with van der Waals surface area (Å²) in [5.74, 6) is -0.390. The van der Waals surface area contributed by atoms with Crippen molar-refractivity contribution in [3.05, 3.63) is 11.6 Å². The Hall–Kier alpha value is -1.56. The Labute approximate surface area is 120 Å². The molecule has 0 aromatic heterocycles. The standard InChI is InChI=1S/C14H24N2O4/c1-10(8-12(17)19-5)11-9-16(7-6-15-11)13(18)20-14(2,3)4/h8,11,15H,6-7,9H2,1-5H3/t11-/m1/s1. The lowest BCUT2D eigenvalue weighted by atomic mass is 10.1. The summed E-state index contributed by atoms with van der Waals surface area (Å²) >= 11 is 0. The number of carbonyl (C=O) groups is 2. The van der Waals surface area contributed by atoms with Gasteiger partial charge in [0, 0.05) is 31.8 Å². The fourth-order valence-corrected chi connectivity index (χ4v) is 1.89. The molecule has 6 heteroatoms. The first-order valence-corrected chi connectivity index (χ1v) is 6.70. The lowest BCUT2D eigenvalue weighted by Crippen LogP contribution is -2.54. The van der Waals surface area contributed by atoms with Gasteiger partial charge < -0.3 is 19.7 Å². The summed E-state index contributed by atoms with van der Waals surface area (Å²) in [7, 11) is 1.34. The maximum absolute atomic E-state index is 12.0. The molecule has 6 nitrogen and oxygen atoms in total. The van der Waals surface area contributed by atoms with Crippen LogP contribution in [-0.2, 0) is 14.3 Å². The van der Waals surface area contributed by atoms with Gasteiger partial charge in [0.05, 0.1) is 7.11 Å². The van der Waals surface area contributed by atoms with E-state index in [1.165, 1.54) is 13.2 Å². The van der Waals surface area contributed by atoms with E-state index >= 15 is 0 Å². The lowest BCUT2D eigenvalue weighted by Gasteiger charge is -2.35. The Balaban J connectivity index is 2.65. The molecule has 1 atom stereocenters. The van der Waals surface area contributed by atoms with Gasteiger partial charge in [-0.1, -0.05) is 0 Å². The highest BCUT2D eigenvalue weighted by atomic mass is 16.6. The molecule has 0 radical (unpaired) electrons. The van der Waals surface area contributed by atoms with Gasteiger partial charge in [0.25, 0.3) is 0 Å². The van der Waals surface area contributed by atoms with Crippen molar-refractivity contribution in [2.75, 3.05) is 26.7 Å². The molecule has 0 aromatic carbocycles. The molecule has 1 amide bonds. The van der Waals surface area contributed by atoms with Gasteiger partial charge in [0.15, 0.2) is 0 Å². The van der Waals surface area contributed by atoms with Gasteiger partial charge in [-0.15, -0.1) is 0 Å². The molecule has 1 aliphatic heterocycles. The first kappa shape index (κ1) is 16.5. The second-order valence-corrected chi connectivity index (χ2v) is 5.84. The first-order valence-electron chi connectivity index (χ1n) is 6.70. The van der Waals surface area contributed by atoms with E-state index in [9.17, 15) is 9.59 Å². The minimum atomic E-state index is -0.506. The molecule has 1 aliphatic rings. The molecule has 1 heterocycles. The van der Waals surface area contributed by atoms with Crippen molar-refractivity contribution in [3.8, 4) is 0 Å². The number of nitrogens with zero attached hydrogens (tertiary/aromatic N) is 1. The number of methoxy groups -OCH3 is 1. The quantitative estimate of drug-likeness (QED) is 0.612. The molecular weight excluding hydrogens is 260 g/mol. The molecule has 0 bridgehead atoms. The van der Waals surface area contributed by atoms with Crippen molar-refractivity contribution in [2.24, 2.45) is 0 Å². The van der Waals surface area contributed by atoms with E-state index in [0.717, 1.165) is 5.57 Å². The number of esters is 1. The minimum absolute atomic E-state index is 0.0598. The molecule has 1 rings (SSSR count). The molecule has 0 spiro atoms. The second kappa shape index (κ2) is 6.74. The summed E-state index contributed by atoms with van der Waals surface area (Å²) in [5, 5.41) is 3.27. The summed E-state index contributed by atoms with van der Waals surface area (Å²) in [6.07, 6.45) is 1.12. The van der Waals surface area contributed by atoms with E-state index in [1.807, 2.05) is 27.7 Å². The van der Waals surface area contributed by atoms with Crippen LogP contribution in [0, 0.1) is 0 Å². The van der Waals surface area contributed by atoms with Crippen LogP contribution in [0.15, 0.2) is 11.6 Å². The van der Waals surface area contributed by atoms with E-state index in [-0.39, 0.29) is 12.1 Å². The van der Waals surface area contributed by atoms with Crippen molar-refractivity contribution in [1.82, 2.24) is 10.2 Å². The monoisotopic (exact) mass is 284 g/mol. The van der Waals surface area contributed by atoms with Crippen LogP contribution >= 0.6 is 0 Å². The van der Waals surface area contributed by atoms with Crippen molar-refractivity contribution in [1.29, 1.82) is 0 Å². The summed E-state index contributed by atoms with van der Waals surface area (Å²) in [4.78, 5) is 24.9. The van der Waals surface area contributed by atoms with Crippen molar-refractivity contribution in [2.45, 2.75) is 39.3 Å².